The topological polar surface area (TPSA) is 21.3 Å². The Hall–Kier alpha value is -0.0800. The summed E-state index contributed by atoms with van der Waals surface area (Å²) < 4.78 is 5.55. The van der Waals surface area contributed by atoms with Crippen LogP contribution in [0.15, 0.2) is 0 Å². The van der Waals surface area contributed by atoms with Crippen molar-refractivity contribution < 1.29 is 4.74 Å². The molecule has 4 atom stereocenters. The highest BCUT2D eigenvalue weighted by molar-refractivity contribution is 4.83. The average Bonchev–Trinajstić information content (AvgIpc) is 2.51. The molecule has 1 N–H and O–H groups in total. The van der Waals surface area contributed by atoms with Gasteiger partial charge in [-0.15, -0.1) is 0 Å². The SMILES string of the molecule is CC1CCC(NC2CCOC(C)C2)C1. The van der Waals surface area contributed by atoms with Crippen molar-refractivity contribution in [1.82, 2.24) is 5.32 Å². The van der Waals surface area contributed by atoms with Crippen LogP contribution in [0.4, 0.5) is 0 Å². The Balaban J connectivity index is 1.74. The van der Waals surface area contributed by atoms with E-state index in [9.17, 15) is 0 Å². The minimum absolute atomic E-state index is 0.458. The van der Waals surface area contributed by atoms with E-state index in [2.05, 4.69) is 19.2 Å². The molecule has 0 bridgehead atoms. The quantitative estimate of drug-likeness (QED) is 0.733. The van der Waals surface area contributed by atoms with E-state index in [1.165, 1.54) is 32.1 Å². The first-order valence-corrected chi connectivity index (χ1v) is 6.11. The molecule has 1 aliphatic heterocycles. The molecular weight excluding hydrogens is 174 g/mol. The van der Waals surface area contributed by atoms with Crippen LogP contribution in [0.1, 0.15) is 46.0 Å². The third kappa shape index (κ3) is 2.71. The summed E-state index contributed by atoms with van der Waals surface area (Å²) in [6, 6.07) is 1.51. The Kier molecular flexibility index (Phi) is 3.45. The van der Waals surface area contributed by atoms with Gasteiger partial charge in [-0.3, -0.25) is 0 Å². The van der Waals surface area contributed by atoms with Crippen molar-refractivity contribution in [2.75, 3.05) is 6.61 Å². The van der Waals surface area contributed by atoms with Gasteiger partial charge in [0.1, 0.15) is 0 Å². The van der Waals surface area contributed by atoms with Gasteiger partial charge < -0.3 is 10.1 Å². The third-order valence-corrected chi connectivity index (χ3v) is 3.65. The Bertz CT molecular complexity index is 183. The molecule has 1 heterocycles. The fraction of sp³-hybridized carbons (Fsp3) is 1.00. The van der Waals surface area contributed by atoms with Crippen LogP contribution < -0.4 is 5.32 Å². The van der Waals surface area contributed by atoms with Crippen molar-refractivity contribution in [3.05, 3.63) is 0 Å². The van der Waals surface area contributed by atoms with Gasteiger partial charge in [-0.05, 0) is 44.9 Å². The molecule has 0 radical (unpaired) electrons. The second-order valence-electron chi connectivity index (χ2n) is 5.18. The zero-order valence-electron chi connectivity index (χ0n) is 9.46. The third-order valence-electron chi connectivity index (χ3n) is 3.65. The highest BCUT2D eigenvalue weighted by atomic mass is 16.5. The maximum Gasteiger partial charge on any atom is 0.0561 e. The lowest BCUT2D eigenvalue weighted by Crippen LogP contribution is -2.42. The molecule has 0 amide bonds. The summed E-state index contributed by atoms with van der Waals surface area (Å²) >= 11 is 0. The molecule has 0 aromatic rings. The molecule has 1 saturated heterocycles. The second-order valence-corrected chi connectivity index (χ2v) is 5.18. The summed E-state index contributed by atoms with van der Waals surface area (Å²) in [5.41, 5.74) is 0. The van der Waals surface area contributed by atoms with Gasteiger partial charge in [-0.1, -0.05) is 6.92 Å². The fourth-order valence-corrected chi connectivity index (χ4v) is 2.84. The van der Waals surface area contributed by atoms with Crippen LogP contribution in [0.5, 0.6) is 0 Å². The van der Waals surface area contributed by atoms with Crippen molar-refractivity contribution >= 4 is 0 Å². The van der Waals surface area contributed by atoms with Crippen LogP contribution in [0.2, 0.25) is 0 Å². The summed E-state index contributed by atoms with van der Waals surface area (Å²) in [5.74, 6) is 0.935. The maximum atomic E-state index is 5.55. The number of hydrogen-bond donors (Lipinski definition) is 1. The van der Waals surface area contributed by atoms with E-state index in [1.807, 2.05) is 0 Å². The first-order valence-electron chi connectivity index (χ1n) is 6.11. The van der Waals surface area contributed by atoms with E-state index in [0.29, 0.717) is 12.1 Å². The Morgan fingerprint density at radius 2 is 1.79 bits per heavy atom. The molecule has 82 valence electrons. The van der Waals surface area contributed by atoms with Crippen molar-refractivity contribution in [2.45, 2.75) is 64.1 Å². The summed E-state index contributed by atoms with van der Waals surface area (Å²) in [6.07, 6.45) is 7.04. The largest absolute Gasteiger partial charge is 0.378 e. The van der Waals surface area contributed by atoms with Gasteiger partial charge >= 0.3 is 0 Å². The molecule has 2 nitrogen and oxygen atoms in total. The lowest BCUT2D eigenvalue weighted by atomic mass is 10.0. The summed E-state index contributed by atoms with van der Waals surface area (Å²) in [6.45, 7) is 5.50. The van der Waals surface area contributed by atoms with Crippen molar-refractivity contribution in [3.63, 3.8) is 0 Å². The lowest BCUT2D eigenvalue weighted by molar-refractivity contribution is 0.0113. The highest BCUT2D eigenvalue weighted by Gasteiger charge is 2.26. The number of nitrogens with one attached hydrogen (secondary N) is 1. The molecule has 1 saturated carbocycles. The van der Waals surface area contributed by atoms with Crippen molar-refractivity contribution in [1.29, 1.82) is 0 Å². The Labute approximate surface area is 87.4 Å². The van der Waals surface area contributed by atoms with E-state index in [-0.39, 0.29) is 0 Å². The van der Waals surface area contributed by atoms with E-state index in [4.69, 9.17) is 4.74 Å². The molecule has 2 rings (SSSR count). The van der Waals surface area contributed by atoms with E-state index in [1.54, 1.807) is 0 Å². The molecule has 4 unspecified atom stereocenters. The van der Waals surface area contributed by atoms with Crippen LogP contribution in [-0.4, -0.2) is 24.8 Å². The minimum atomic E-state index is 0.458. The zero-order chi connectivity index (χ0) is 9.97. The van der Waals surface area contributed by atoms with Crippen LogP contribution in [0.25, 0.3) is 0 Å². The van der Waals surface area contributed by atoms with E-state index >= 15 is 0 Å². The van der Waals surface area contributed by atoms with Crippen LogP contribution in [0, 0.1) is 5.92 Å². The summed E-state index contributed by atoms with van der Waals surface area (Å²) in [7, 11) is 0. The fourth-order valence-electron chi connectivity index (χ4n) is 2.84. The molecule has 0 aromatic heterocycles. The van der Waals surface area contributed by atoms with Crippen LogP contribution >= 0.6 is 0 Å². The van der Waals surface area contributed by atoms with Gasteiger partial charge in [0.2, 0.25) is 0 Å². The predicted molar refractivity (Wildman–Crippen MR) is 58.4 cm³/mol. The van der Waals surface area contributed by atoms with Gasteiger partial charge in [0, 0.05) is 18.7 Å². The number of hydrogen-bond acceptors (Lipinski definition) is 2. The molecule has 2 heteroatoms. The molecule has 1 aliphatic carbocycles. The maximum absolute atomic E-state index is 5.55. The van der Waals surface area contributed by atoms with Gasteiger partial charge in [-0.2, -0.15) is 0 Å². The first-order chi connectivity index (χ1) is 6.74. The summed E-state index contributed by atoms with van der Waals surface area (Å²) in [5, 5.41) is 3.80. The van der Waals surface area contributed by atoms with Crippen molar-refractivity contribution in [3.8, 4) is 0 Å². The van der Waals surface area contributed by atoms with Crippen molar-refractivity contribution in [2.24, 2.45) is 5.92 Å². The molecule has 14 heavy (non-hydrogen) atoms. The molecule has 2 fully saturated rings. The normalized spacial score (nSPS) is 44.1. The van der Waals surface area contributed by atoms with Crippen LogP contribution in [0.3, 0.4) is 0 Å². The van der Waals surface area contributed by atoms with Gasteiger partial charge in [0.15, 0.2) is 0 Å². The first kappa shape index (κ1) is 10.4. The average molecular weight is 197 g/mol. The Morgan fingerprint density at radius 3 is 2.43 bits per heavy atom. The lowest BCUT2D eigenvalue weighted by Gasteiger charge is -2.30. The minimum Gasteiger partial charge on any atom is -0.378 e. The molecule has 2 aliphatic rings. The molecule has 0 aromatic carbocycles. The monoisotopic (exact) mass is 197 g/mol. The molecular formula is C12H23NO. The number of rotatable bonds is 2. The van der Waals surface area contributed by atoms with Crippen LogP contribution in [-0.2, 0) is 4.74 Å². The van der Waals surface area contributed by atoms with Gasteiger partial charge in [0.05, 0.1) is 6.10 Å². The van der Waals surface area contributed by atoms with E-state index in [0.717, 1.165) is 18.6 Å². The Morgan fingerprint density at radius 1 is 1.00 bits per heavy atom. The van der Waals surface area contributed by atoms with Gasteiger partial charge in [-0.25, -0.2) is 0 Å². The second kappa shape index (κ2) is 4.63. The standard InChI is InChI=1S/C12H23NO/c1-9-3-4-11(7-9)13-12-5-6-14-10(2)8-12/h9-13H,3-8H2,1-2H3. The highest BCUT2D eigenvalue weighted by Crippen LogP contribution is 2.26. The number of ether oxygens (including phenoxy) is 1. The smallest absolute Gasteiger partial charge is 0.0561 e. The summed E-state index contributed by atoms with van der Waals surface area (Å²) in [4.78, 5) is 0. The molecule has 0 spiro atoms. The van der Waals surface area contributed by atoms with E-state index < -0.39 is 0 Å². The zero-order valence-corrected chi connectivity index (χ0v) is 9.46. The van der Waals surface area contributed by atoms with Gasteiger partial charge in [0.25, 0.3) is 0 Å². The predicted octanol–water partition coefficient (Wildman–Crippen LogP) is 2.33.